The van der Waals surface area contributed by atoms with Crippen molar-refractivity contribution in [2.24, 2.45) is 0 Å². The molecule has 24 heavy (non-hydrogen) atoms. The zero-order valence-corrected chi connectivity index (χ0v) is 14.3. The number of nitrogens with one attached hydrogen (secondary N) is 1. The maximum atomic E-state index is 12.5. The molecule has 7 heteroatoms. The van der Waals surface area contributed by atoms with E-state index in [2.05, 4.69) is 20.4 Å². The molecule has 1 aliphatic rings. The van der Waals surface area contributed by atoms with Crippen molar-refractivity contribution in [1.82, 2.24) is 15.1 Å². The minimum absolute atomic E-state index is 0.0192. The highest BCUT2D eigenvalue weighted by Gasteiger charge is 2.23. The maximum Gasteiger partial charge on any atom is 0.254 e. The van der Waals surface area contributed by atoms with Gasteiger partial charge in [-0.25, -0.2) is 0 Å². The first-order chi connectivity index (χ1) is 11.7. The van der Waals surface area contributed by atoms with Crippen LogP contribution >= 0.6 is 11.6 Å². The highest BCUT2D eigenvalue weighted by Crippen LogP contribution is 2.17. The molecule has 1 aromatic carbocycles. The number of hydrogen-bond acceptors (Lipinski definition) is 5. The van der Waals surface area contributed by atoms with Crippen LogP contribution < -0.4 is 10.2 Å². The Morgan fingerprint density at radius 3 is 2.58 bits per heavy atom. The van der Waals surface area contributed by atoms with E-state index in [1.54, 1.807) is 24.3 Å². The molecule has 6 nitrogen and oxygen atoms in total. The number of anilines is 2. The number of rotatable bonds is 4. The van der Waals surface area contributed by atoms with Gasteiger partial charge >= 0.3 is 0 Å². The zero-order chi connectivity index (χ0) is 16.9. The lowest BCUT2D eigenvalue weighted by Crippen LogP contribution is -2.49. The molecule has 2 heterocycles. The van der Waals surface area contributed by atoms with E-state index in [9.17, 15) is 4.79 Å². The molecule has 0 unspecified atom stereocenters. The van der Waals surface area contributed by atoms with E-state index in [1.807, 2.05) is 24.0 Å². The normalized spacial score (nSPS) is 14.6. The Kier molecular flexibility index (Phi) is 5.15. The number of piperazine rings is 1. The van der Waals surface area contributed by atoms with Crippen LogP contribution in [0.5, 0.6) is 0 Å². The molecule has 126 valence electrons. The number of nitrogens with zero attached hydrogens (tertiary/aromatic N) is 4. The Bertz CT molecular complexity index is 698. The number of carbonyl (C=O) groups excluding carboxylic acids is 1. The molecule has 3 rings (SSSR count). The van der Waals surface area contributed by atoms with Crippen LogP contribution in [0.1, 0.15) is 17.3 Å². The molecule has 0 radical (unpaired) electrons. The van der Waals surface area contributed by atoms with Crippen molar-refractivity contribution in [2.75, 3.05) is 42.9 Å². The van der Waals surface area contributed by atoms with Crippen molar-refractivity contribution in [3.63, 3.8) is 0 Å². The molecule has 0 saturated carbocycles. The molecule has 1 aliphatic heterocycles. The van der Waals surface area contributed by atoms with Gasteiger partial charge in [-0.05, 0) is 37.3 Å². The summed E-state index contributed by atoms with van der Waals surface area (Å²) < 4.78 is 0. The predicted octanol–water partition coefficient (Wildman–Crippen LogP) is 2.52. The number of halogens is 1. The fraction of sp³-hybridized carbons (Fsp3) is 0.353. The summed E-state index contributed by atoms with van der Waals surface area (Å²) in [6, 6.07) is 11.0. The fourth-order valence-electron chi connectivity index (χ4n) is 2.71. The Morgan fingerprint density at radius 2 is 1.96 bits per heavy atom. The molecular weight excluding hydrogens is 326 g/mol. The Hall–Kier alpha value is -2.34. The summed E-state index contributed by atoms with van der Waals surface area (Å²) in [4.78, 5) is 16.5. The first kappa shape index (κ1) is 16.5. The van der Waals surface area contributed by atoms with Crippen LogP contribution in [0, 0.1) is 0 Å². The number of amides is 1. The topological polar surface area (TPSA) is 61.4 Å². The lowest BCUT2D eigenvalue weighted by molar-refractivity contribution is 0.0746. The van der Waals surface area contributed by atoms with Crippen LogP contribution in [0.2, 0.25) is 5.02 Å². The molecule has 1 saturated heterocycles. The largest absolute Gasteiger partial charge is 0.369 e. The van der Waals surface area contributed by atoms with E-state index in [0.29, 0.717) is 23.7 Å². The number of carbonyl (C=O) groups is 1. The van der Waals surface area contributed by atoms with Crippen LogP contribution in [-0.2, 0) is 0 Å². The summed E-state index contributed by atoms with van der Waals surface area (Å²) in [7, 11) is 0. The quantitative estimate of drug-likeness (QED) is 0.922. The second kappa shape index (κ2) is 7.49. The molecule has 0 bridgehead atoms. The van der Waals surface area contributed by atoms with E-state index in [0.717, 1.165) is 31.3 Å². The van der Waals surface area contributed by atoms with Gasteiger partial charge in [0.2, 0.25) is 0 Å². The summed E-state index contributed by atoms with van der Waals surface area (Å²) in [6.07, 6.45) is 0. The maximum absolute atomic E-state index is 12.5. The minimum atomic E-state index is 0.0192. The molecule has 1 aromatic heterocycles. The van der Waals surface area contributed by atoms with Crippen LogP contribution in [0.3, 0.4) is 0 Å². The smallest absolute Gasteiger partial charge is 0.254 e. The molecule has 1 N–H and O–H groups in total. The van der Waals surface area contributed by atoms with Gasteiger partial charge in [0.15, 0.2) is 5.82 Å². The van der Waals surface area contributed by atoms with Crippen molar-refractivity contribution in [1.29, 1.82) is 0 Å². The lowest BCUT2D eigenvalue weighted by Gasteiger charge is -2.35. The van der Waals surface area contributed by atoms with E-state index in [1.165, 1.54) is 0 Å². The van der Waals surface area contributed by atoms with Gasteiger partial charge in [-0.3, -0.25) is 4.79 Å². The Morgan fingerprint density at radius 1 is 1.17 bits per heavy atom. The first-order valence-corrected chi connectivity index (χ1v) is 8.42. The van der Waals surface area contributed by atoms with Crippen molar-refractivity contribution < 1.29 is 4.79 Å². The van der Waals surface area contributed by atoms with Gasteiger partial charge in [0, 0.05) is 43.3 Å². The molecule has 0 spiro atoms. The van der Waals surface area contributed by atoms with Gasteiger partial charge in [-0.15, -0.1) is 10.2 Å². The summed E-state index contributed by atoms with van der Waals surface area (Å²) in [6.45, 7) is 5.62. The Balaban J connectivity index is 1.60. The molecule has 0 aliphatic carbocycles. The van der Waals surface area contributed by atoms with Crippen molar-refractivity contribution >= 4 is 29.1 Å². The highest BCUT2D eigenvalue weighted by atomic mass is 35.5. The van der Waals surface area contributed by atoms with Crippen LogP contribution in [0.25, 0.3) is 0 Å². The van der Waals surface area contributed by atoms with E-state index < -0.39 is 0 Å². The third-order valence-corrected chi connectivity index (χ3v) is 4.21. The zero-order valence-electron chi connectivity index (χ0n) is 13.6. The van der Waals surface area contributed by atoms with Crippen molar-refractivity contribution in [2.45, 2.75) is 6.92 Å². The van der Waals surface area contributed by atoms with Gasteiger partial charge in [0.25, 0.3) is 5.91 Å². The second-order valence-electron chi connectivity index (χ2n) is 5.60. The third-order valence-electron chi connectivity index (χ3n) is 3.97. The van der Waals surface area contributed by atoms with E-state index in [-0.39, 0.29) is 5.91 Å². The molecule has 1 fully saturated rings. The molecule has 1 amide bonds. The second-order valence-corrected chi connectivity index (χ2v) is 6.03. The van der Waals surface area contributed by atoms with Crippen molar-refractivity contribution in [3.05, 3.63) is 47.0 Å². The van der Waals surface area contributed by atoms with Crippen molar-refractivity contribution in [3.8, 4) is 0 Å². The molecule has 0 atom stereocenters. The van der Waals surface area contributed by atoms with E-state index >= 15 is 0 Å². The predicted molar refractivity (Wildman–Crippen MR) is 95.8 cm³/mol. The summed E-state index contributed by atoms with van der Waals surface area (Å²) in [5.74, 6) is 1.63. The fourth-order valence-corrected chi connectivity index (χ4v) is 2.90. The first-order valence-electron chi connectivity index (χ1n) is 8.05. The number of benzene rings is 1. The summed E-state index contributed by atoms with van der Waals surface area (Å²) in [5.41, 5.74) is 0.630. The third kappa shape index (κ3) is 3.76. The van der Waals surface area contributed by atoms with Gasteiger partial charge in [-0.1, -0.05) is 17.7 Å². The monoisotopic (exact) mass is 345 g/mol. The van der Waals surface area contributed by atoms with Gasteiger partial charge in [0.1, 0.15) is 5.82 Å². The van der Waals surface area contributed by atoms with Crippen LogP contribution in [-0.4, -0.2) is 53.7 Å². The SMILES string of the molecule is CCNc1ccc(N2CCN(C(=O)c3cccc(Cl)c3)CC2)nn1. The number of aromatic nitrogens is 2. The van der Waals surface area contributed by atoms with Crippen LogP contribution in [0.4, 0.5) is 11.6 Å². The molecular formula is C17H20ClN5O. The van der Waals surface area contributed by atoms with E-state index in [4.69, 9.17) is 11.6 Å². The van der Waals surface area contributed by atoms with Crippen LogP contribution in [0.15, 0.2) is 36.4 Å². The number of hydrogen-bond donors (Lipinski definition) is 1. The van der Waals surface area contributed by atoms with Gasteiger partial charge in [-0.2, -0.15) is 0 Å². The summed E-state index contributed by atoms with van der Waals surface area (Å²) in [5, 5.41) is 12.1. The van der Waals surface area contributed by atoms with Gasteiger partial charge in [0.05, 0.1) is 0 Å². The average molecular weight is 346 g/mol. The minimum Gasteiger partial charge on any atom is -0.369 e. The van der Waals surface area contributed by atoms with Gasteiger partial charge < -0.3 is 15.1 Å². The average Bonchev–Trinajstić information content (AvgIpc) is 2.62. The Labute approximate surface area is 146 Å². The molecule has 2 aromatic rings. The lowest BCUT2D eigenvalue weighted by atomic mass is 10.2. The highest BCUT2D eigenvalue weighted by molar-refractivity contribution is 6.30. The summed E-state index contributed by atoms with van der Waals surface area (Å²) >= 11 is 5.97. The standard InChI is InChI=1S/C17H20ClN5O/c1-2-19-15-6-7-16(21-20-15)22-8-10-23(11-9-22)17(24)13-4-3-5-14(18)12-13/h3-7,12H,2,8-11H2,1H3,(H,19,20).